The Kier molecular flexibility index (Phi) is 4.75. The summed E-state index contributed by atoms with van der Waals surface area (Å²) in [4.78, 5) is 20.8. The smallest absolute Gasteiger partial charge is 0.316 e. The molecule has 4 aromatic rings. The van der Waals surface area contributed by atoms with Crippen LogP contribution in [0.2, 0.25) is 0 Å². The number of aromatic amines is 1. The third-order valence-electron chi connectivity index (χ3n) is 4.60. The maximum absolute atomic E-state index is 12.3. The summed E-state index contributed by atoms with van der Waals surface area (Å²) in [6, 6.07) is 6.98. The second-order valence-electron chi connectivity index (χ2n) is 6.73. The fourth-order valence-electron chi connectivity index (χ4n) is 2.90. The molecule has 29 heavy (non-hydrogen) atoms. The number of methoxy groups -OCH3 is 1. The summed E-state index contributed by atoms with van der Waals surface area (Å²) in [7, 11) is -1.81. The van der Waals surface area contributed by atoms with Gasteiger partial charge < -0.3 is 9.72 Å². The molecule has 1 aromatic carbocycles. The normalized spacial score (nSPS) is 11.9. The van der Waals surface area contributed by atoms with E-state index in [-0.39, 0.29) is 7.44 Å². The second-order valence-corrected chi connectivity index (χ2v) is 9.24. The molecule has 0 aliphatic heterocycles. The monoisotopic (exact) mass is 411 g/mol. The zero-order valence-electron chi connectivity index (χ0n) is 16.1. The predicted octanol–water partition coefficient (Wildman–Crippen LogP) is 3.52. The van der Waals surface area contributed by atoms with Gasteiger partial charge in [-0.25, -0.2) is 28.4 Å². The molecule has 0 fully saturated rings. The van der Waals surface area contributed by atoms with Gasteiger partial charge in [0.2, 0.25) is 0 Å². The second kappa shape index (κ2) is 7.25. The number of fused-ring (bicyclic) bond motifs is 1. The number of hydrogen-bond acceptors (Lipinski definition) is 7. The highest BCUT2D eigenvalue weighted by Gasteiger charge is 2.19. The SMILES string of the molecule is COc1ncc(-c2c[nH]c3ncc(-c4ccc(S(=O)(=O)C(C)C)cc4)nc23)cn1.[HH]. The van der Waals surface area contributed by atoms with Crippen molar-refractivity contribution in [2.45, 2.75) is 24.0 Å². The minimum atomic E-state index is -3.32. The largest absolute Gasteiger partial charge is 0.467 e. The molecule has 0 unspecified atom stereocenters. The molecule has 3 aromatic heterocycles. The van der Waals surface area contributed by atoms with Crippen LogP contribution in [0.15, 0.2) is 53.9 Å². The van der Waals surface area contributed by atoms with Crippen LogP contribution in [0.25, 0.3) is 33.5 Å². The number of rotatable bonds is 5. The van der Waals surface area contributed by atoms with Crippen molar-refractivity contribution in [3.05, 3.63) is 49.1 Å². The lowest BCUT2D eigenvalue weighted by molar-refractivity contribution is 0.380. The van der Waals surface area contributed by atoms with Crippen LogP contribution in [0, 0.1) is 0 Å². The fraction of sp³-hybridized carbons (Fsp3) is 0.200. The van der Waals surface area contributed by atoms with Crippen LogP contribution in [-0.2, 0) is 9.84 Å². The first-order valence-corrected chi connectivity index (χ1v) is 10.5. The standard InChI is InChI=1S/C20H19N5O3S.H2/c1-12(2)29(26,27)15-6-4-13(5-7-15)17-11-22-19-18(25-17)16(10-21-19)14-8-23-20(28-3)24-9-14;/h4-12H,1-3H3,(H,21,22);1H. The molecule has 150 valence electrons. The van der Waals surface area contributed by atoms with E-state index in [2.05, 4.69) is 19.9 Å². The lowest BCUT2D eigenvalue weighted by Crippen LogP contribution is -2.13. The third kappa shape index (κ3) is 3.44. The number of benzene rings is 1. The lowest BCUT2D eigenvalue weighted by atomic mass is 10.1. The van der Waals surface area contributed by atoms with Gasteiger partial charge in [0, 0.05) is 36.7 Å². The number of aromatic nitrogens is 5. The lowest BCUT2D eigenvalue weighted by Gasteiger charge is -2.08. The minimum absolute atomic E-state index is 0. The van der Waals surface area contributed by atoms with Gasteiger partial charge >= 0.3 is 6.01 Å². The predicted molar refractivity (Wildman–Crippen MR) is 111 cm³/mol. The molecule has 0 atom stereocenters. The molecule has 0 saturated carbocycles. The van der Waals surface area contributed by atoms with Crippen LogP contribution >= 0.6 is 0 Å². The first-order chi connectivity index (χ1) is 13.9. The van der Waals surface area contributed by atoms with Crippen molar-refractivity contribution in [2.24, 2.45) is 0 Å². The zero-order valence-corrected chi connectivity index (χ0v) is 16.9. The maximum atomic E-state index is 12.3. The number of ether oxygens (including phenoxy) is 1. The summed E-state index contributed by atoms with van der Waals surface area (Å²) in [6.07, 6.45) is 6.78. The highest BCUT2D eigenvalue weighted by atomic mass is 32.2. The molecule has 0 spiro atoms. The fourth-order valence-corrected chi connectivity index (χ4v) is 3.96. The van der Waals surface area contributed by atoms with Gasteiger partial charge in [0.25, 0.3) is 0 Å². The Balaban J connectivity index is 0.00000256. The van der Waals surface area contributed by atoms with E-state index >= 15 is 0 Å². The average Bonchev–Trinajstić information content (AvgIpc) is 3.17. The summed E-state index contributed by atoms with van der Waals surface area (Å²) in [5.74, 6) is 0. The van der Waals surface area contributed by atoms with E-state index in [0.29, 0.717) is 21.8 Å². The highest BCUT2D eigenvalue weighted by Crippen LogP contribution is 2.28. The summed E-state index contributed by atoms with van der Waals surface area (Å²) < 4.78 is 29.6. The number of nitrogens with one attached hydrogen (secondary N) is 1. The Morgan fingerprint density at radius 3 is 2.31 bits per heavy atom. The maximum Gasteiger partial charge on any atom is 0.316 e. The summed E-state index contributed by atoms with van der Waals surface area (Å²) >= 11 is 0. The number of sulfone groups is 1. The first kappa shape index (κ1) is 19.0. The van der Waals surface area contributed by atoms with Crippen LogP contribution in [-0.4, -0.2) is 45.7 Å². The Morgan fingerprint density at radius 1 is 1.00 bits per heavy atom. The molecule has 0 amide bonds. The van der Waals surface area contributed by atoms with Gasteiger partial charge in [-0.05, 0) is 26.0 Å². The Hall–Kier alpha value is -3.33. The van der Waals surface area contributed by atoms with E-state index in [0.717, 1.165) is 16.7 Å². The van der Waals surface area contributed by atoms with Crippen molar-refractivity contribution < 1.29 is 14.6 Å². The van der Waals surface area contributed by atoms with Gasteiger partial charge in [-0.3, -0.25) is 0 Å². The molecular formula is C20H21N5O3S. The molecule has 9 heteroatoms. The quantitative estimate of drug-likeness (QED) is 0.535. The Bertz CT molecular complexity index is 1270. The van der Waals surface area contributed by atoms with E-state index in [1.807, 2.05) is 0 Å². The third-order valence-corrected chi connectivity index (χ3v) is 6.77. The van der Waals surface area contributed by atoms with Gasteiger partial charge in [0.1, 0.15) is 5.52 Å². The van der Waals surface area contributed by atoms with E-state index in [4.69, 9.17) is 9.72 Å². The van der Waals surface area contributed by atoms with E-state index in [1.165, 1.54) is 7.11 Å². The minimum Gasteiger partial charge on any atom is -0.467 e. The van der Waals surface area contributed by atoms with Crippen molar-refractivity contribution in [3.8, 4) is 28.4 Å². The van der Waals surface area contributed by atoms with Gasteiger partial charge in [0.05, 0.1) is 29.1 Å². The molecule has 0 saturated heterocycles. The summed E-state index contributed by atoms with van der Waals surface area (Å²) in [6.45, 7) is 3.33. The van der Waals surface area contributed by atoms with Gasteiger partial charge in [-0.15, -0.1) is 0 Å². The van der Waals surface area contributed by atoms with E-state index in [1.54, 1.807) is 62.9 Å². The summed E-state index contributed by atoms with van der Waals surface area (Å²) in [5, 5.41) is -0.473. The van der Waals surface area contributed by atoms with Crippen LogP contribution in [0.3, 0.4) is 0 Å². The van der Waals surface area contributed by atoms with E-state index < -0.39 is 15.1 Å². The van der Waals surface area contributed by atoms with Crippen LogP contribution < -0.4 is 4.74 Å². The number of hydrogen-bond donors (Lipinski definition) is 1. The first-order valence-electron chi connectivity index (χ1n) is 8.95. The summed E-state index contributed by atoms with van der Waals surface area (Å²) in [5.41, 5.74) is 4.33. The Labute approximate surface area is 169 Å². The van der Waals surface area contributed by atoms with Gasteiger partial charge in [-0.1, -0.05) is 12.1 Å². The molecule has 8 nitrogen and oxygen atoms in total. The zero-order chi connectivity index (χ0) is 20.6. The van der Waals surface area contributed by atoms with Crippen LogP contribution in [0.1, 0.15) is 15.3 Å². The van der Waals surface area contributed by atoms with Crippen molar-refractivity contribution in [1.29, 1.82) is 0 Å². The Morgan fingerprint density at radius 2 is 1.69 bits per heavy atom. The van der Waals surface area contributed by atoms with Gasteiger partial charge in [-0.2, -0.15) is 0 Å². The molecular weight excluding hydrogens is 390 g/mol. The molecule has 1 N–H and O–H groups in total. The van der Waals surface area contributed by atoms with Crippen molar-refractivity contribution in [3.63, 3.8) is 0 Å². The van der Waals surface area contributed by atoms with Gasteiger partial charge in [0.15, 0.2) is 15.5 Å². The molecule has 0 bridgehead atoms. The number of nitrogens with zero attached hydrogens (tertiary/aromatic N) is 4. The molecule has 0 aliphatic carbocycles. The molecule has 3 heterocycles. The van der Waals surface area contributed by atoms with E-state index in [9.17, 15) is 8.42 Å². The van der Waals surface area contributed by atoms with Crippen molar-refractivity contribution in [1.82, 2.24) is 24.9 Å². The highest BCUT2D eigenvalue weighted by molar-refractivity contribution is 7.92. The molecule has 0 radical (unpaired) electrons. The molecule has 0 aliphatic rings. The van der Waals surface area contributed by atoms with Crippen molar-refractivity contribution in [2.75, 3.05) is 7.11 Å². The number of H-pyrrole nitrogens is 1. The average molecular weight is 411 g/mol. The van der Waals surface area contributed by atoms with Crippen molar-refractivity contribution >= 4 is 21.0 Å². The molecule has 4 rings (SSSR count). The van der Waals surface area contributed by atoms with Crippen LogP contribution in [0.5, 0.6) is 6.01 Å². The topological polar surface area (TPSA) is 111 Å². The van der Waals surface area contributed by atoms with Crippen LogP contribution in [0.4, 0.5) is 0 Å².